The van der Waals surface area contributed by atoms with E-state index in [0.717, 1.165) is 35.7 Å². The molecule has 1 heterocycles. The Morgan fingerprint density at radius 3 is 2.69 bits per heavy atom. The van der Waals surface area contributed by atoms with Gasteiger partial charge in [0.1, 0.15) is 0 Å². The van der Waals surface area contributed by atoms with Crippen molar-refractivity contribution in [1.82, 2.24) is 15.2 Å². The third-order valence-corrected chi connectivity index (χ3v) is 3.38. The molecule has 92 valence electrons. The van der Waals surface area contributed by atoms with Crippen LogP contribution in [0.3, 0.4) is 0 Å². The molecule has 0 aliphatic heterocycles. The summed E-state index contributed by atoms with van der Waals surface area (Å²) in [5.41, 5.74) is 4.66. The minimum absolute atomic E-state index is 0.186. The molecule has 1 aromatic heterocycles. The van der Waals surface area contributed by atoms with Crippen molar-refractivity contribution in [2.24, 2.45) is 12.9 Å². The predicted octanol–water partition coefficient (Wildman–Crippen LogP) is 1.78. The minimum Gasteiger partial charge on any atom is -0.271 e. The molecule has 0 bridgehead atoms. The third-order valence-electron chi connectivity index (χ3n) is 2.62. The highest BCUT2D eigenvalue weighted by Gasteiger charge is 2.15. The SMILES string of the molecule is Cc1nn(C)c(CC(CCCCl)NN)c1Cl. The van der Waals surface area contributed by atoms with E-state index in [4.69, 9.17) is 29.0 Å². The Kier molecular flexibility index (Phi) is 5.55. The second-order valence-corrected chi connectivity index (χ2v) is 4.62. The molecular weight excluding hydrogens is 247 g/mol. The van der Waals surface area contributed by atoms with Gasteiger partial charge in [-0.1, -0.05) is 11.6 Å². The quantitative estimate of drug-likeness (QED) is 0.468. The Labute approximate surface area is 106 Å². The van der Waals surface area contributed by atoms with Crippen LogP contribution in [0.4, 0.5) is 0 Å². The smallest absolute Gasteiger partial charge is 0.0847 e. The molecule has 16 heavy (non-hydrogen) atoms. The third kappa shape index (κ3) is 3.35. The summed E-state index contributed by atoms with van der Waals surface area (Å²) in [4.78, 5) is 0. The van der Waals surface area contributed by atoms with Gasteiger partial charge in [0.25, 0.3) is 0 Å². The van der Waals surface area contributed by atoms with E-state index in [9.17, 15) is 0 Å². The van der Waals surface area contributed by atoms with Gasteiger partial charge in [0, 0.05) is 25.4 Å². The molecule has 4 nitrogen and oxygen atoms in total. The van der Waals surface area contributed by atoms with Gasteiger partial charge in [-0.15, -0.1) is 11.6 Å². The van der Waals surface area contributed by atoms with Gasteiger partial charge < -0.3 is 0 Å². The van der Waals surface area contributed by atoms with Crippen LogP contribution in [0.1, 0.15) is 24.2 Å². The molecule has 0 radical (unpaired) electrons. The Bertz CT molecular complexity index is 338. The zero-order valence-corrected chi connectivity index (χ0v) is 11.1. The summed E-state index contributed by atoms with van der Waals surface area (Å²) >= 11 is 11.8. The summed E-state index contributed by atoms with van der Waals surface area (Å²) in [6, 6.07) is 0.186. The number of nitrogens with one attached hydrogen (secondary N) is 1. The molecular formula is C10H18Cl2N4. The maximum absolute atomic E-state index is 6.17. The number of aromatic nitrogens is 2. The van der Waals surface area contributed by atoms with Crippen molar-refractivity contribution in [3.8, 4) is 0 Å². The number of nitrogens with zero attached hydrogens (tertiary/aromatic N) is 2. The summed E-state index contributed by atoms with van der Waals surface area (Å²) in [7, 11) is 1.89. The molecule has 6 heteroatoms. The fourth-order valence-electron chi connectivity index (χ4n) is 1.70. The first-order valence-corrected chi connectivity index (χ1v) is 6.21. The molecule has 3 N–H and O–H groups in total. The number of rotatable bonds is 6. The summed E-state index contributed by atoms with van der Waals surface area (Å²) in [6.45, 7) is 1.90. The Morgan fingerprint density at radius 1 is 1.56 bits per heavy atom. The summed E-state index contributed by atoms with van der Waals surface area (Å²) in [6.07, 6.45) is 2.63. The fraction of sp³-hybridized carbons (Fsp3) is 0.700. The van der Waals surface area contributed by atoms with Gasteiger partial charge in [-0.25, -0.2) is 0 Å². The summed E-state index contributed by atoms with van der Waals surface area (Å²) in [5, 5.41) is 5.00. The Morgan fingerprint density at radius 2 is 2.25 bits per heavy atom. The first kappa shape index (κ1) is 13.8. The number of hydrogen-bond acceptors (Lipinski definition) is 3. The highest BCUT2D eigenvalue weighted by Crippen LogP contribution is 2.21. The van der Waals surface area contributed by atoms with Crippen LogP contribution in [0.5, 0.6) is 0 Å². The minimum atomic E-state index is 0.186. The molecule has 0 aliphatic carbocycles. The van der Waals surface area contributed by atoms with Gasteiger partial charge in [0.15, 0.2) is 0 Å². The van der Waals surface area contributed by atoms with E-state index in [1.54, 1.807) is 0 Å². The van der Waals surface area contributed by atoms with E-state index >= 15 is 0 Å². The topological polar surface area (TPSA) is 55.9 Å². The molecule has 0 fully saturated rings. The number of halogens is 2. The standard InChI is InChI=1S/C10H18Cl2N4/c1-7-10(12)9(16(2)15-7)6-8(14-13)4-3-5-11/h8,14H,3-6,13H2,1-2H3. The van der Waals surface area contributed by atoms with Crippen molar-refractivity contribution in [3.63, 3.8) is 0 Å². The zero-order valence-electron chi connectivity index (χ0n) is 9.63. The second kappa shape index (κ2) is 6.45. The van der Waals surface area contributed by atoms with E-state index in [-0.39, 0.29) is 6.04 Å². The van der Waals surface area contributed by atoms with Crippen molar-refractivity contribution in [1.29, 1.82) is 0 Å². The molecule has 1 atom stereocenters. The number of hydrazine groups is 1. The van der Waals surface area contributed by atoms with Gasteiger partial charge >= 0.3 is 0 Å². The second-order valence-electron chi connectivity index (χ2n) is 3.87. The van der Waals surface area contributed by atoms with E-state index < -0.39 is 0 Å². The number of alkyl halides is 1. The number of aryl methyl sites for hydroxylation is 2. The maximum atomic E-state index is 6.17. The van der Waals surface area contributed by atoms with Gasteiger partial charge in [-0.3, -0.25) is 16.0 Å². The molecule has 1 rings (SSSR count). The summed E-state index contributed by atoms with van der Waals surface area (Å²) < 4.78 is 1.81. The normalized spacial score (nSPS) is 13.1. The lowest BCUT2D eigenvalue weighted by Crippen LogP contribution is -2.37. The average molecular weight is 265 g/mol. The Hall–Kier alpha value is -0.290. The molecule has 0 saturated heterocycles. The van der Waals surface area contributed by atoms with Crippen molar-refractivity contribution >= 4 is 23.2 Å². The van der Waals surface area contributed by atoms with Crippen molar-refractivity contribution in [2.45, 2.75) is 32.2 Å². The van der Waals surface area contributed by atoms with Crippen molar-refractivity contribution in [2.75, 3.05) is 5.88 Å². The maximum Gasteiger partial charge on any atom is 0.0847 e. The van der Waals surface area contributed by atoms with Crippen molar-refractivity contribution < 1.29 is 0 Å². The van der Waals surface area contributed by atoms with E-state index in [2.05, 4.69) is 10.5 Å². The van der Waals surface area contributed by atoms with Gasteiger partial charge in [0.2, 0.25) is 0 Å². The van der Waals surface area contributed by atoms with E-state index in [1.807, 2.05) is 18.7 Å². The molecule has 0 amide bonds. The summed E-state index contributed by atoms with van der Waals surface area (Å²) in [5.74, 6) is 6.15. The van der Waals surface area contributed by atoms with Crippen molar-refractivity contribution in [3.05, 3.63) is 16.4 Å². The molecule has 1 aromatic rings. The van der Waals surface area contributed by atoms with E-state index in [1.165, 1.54) is 0 Å². The molecule has 0 aliphatic rings. The molecule has 0 aromatic carbocycles. The predicted molar refractivity (Wildman–Crippen MR) is 67.7 cm³/mol. The van der Waals surface area contributed by atoms with Crippen LogP contribution < -0.4 is 11.3 Å². The highest BCUT2D eigenvalue weighted by molar-refractivity contribution is 6.31. The Balaban J connectivity index is 2.69. The first-order valence-electron chi connectivity index (χ1n) is 5.30. The number of hydrogen-bond donors (Lipinski definition) is 2. The molecule has 0 saturated carbocycles. The lowest BCUT2D eigenvalue weighted by molar-refractivity contribution is 0.474. The van der Waals surface area contributed by atoms with Crippen LogP contribution in [-0.4, -0.2) is 21.7 Å². The zero-order chi connectivity index (χ0) is 12.1. The first-order chi connectivity index (χ1) is 7.60. The lowest BCUT2D eigenvalue weighted by Gasteiger charge is -2.15. The van der Waals surface area contributed by atoms with Crippen LogP contribution in [0.2, 0.25) is 5.02 Å². The van der Waals surface area contributed by atoms with Crippen LogP contribution in [0.25, 0.3) is 0 Å². The number of nitrogens with two attached hydrogens (primary N) is 1. The van der Waals surface area contributed by atoms with E-state index in [0.29, 0.717) is 5.88 Å². The van der Waals surface area contributed by atoms with Crippen LogP contribution >= 0.6 is 23.2 Å². The average Bonchev–Trinajstić information content (AvgIpc) is 2.50. The lowest BCUT2D eigenvalue weighted by atomic mass is 10.1. The van der Waals surface area contributed by atoms with Gasteiger partial charge in [-0.05, 0) is 19.8 Å². The highest BCUT2D eigenvalue weighted by atomic mass is 35.5. The fourth-order valence-corrected chi connectivity index (χ4v) is 2.09. The van der Waals surface area contributed by atoms with Crippen LogP contribution in [0.15, 0.2) is 0 Å². The monoisotopic (exact) mass is 264 g/mol. The van der Waals surface area contributed by atoms with Gasteiger partial charge in [-0.2, -0.15) is 5.10 Å². The molecule has 1 unspecified atom stereocenters. The van der Waals surface area contributed by atoms with Crippen LogP contribution in [0, 0.1) is 6.92 Å². The largest absolute Gasteiger partial charge is 0.271 e. The molecule has 0 spiro atoms. The van der Waals surface area contributed by atoms with Gasteiger partial charge in [0.05, 0.1) is 16.4 Å². The van der Waals surface area contributed by atoms with Crippen LogP contribution in [-0.2, 0) is 13.5 Å².